The number of rotatable bonds is 2. The summed E-state index contributed by atoms with van der Waals surface area (Å²) in [6.07, 6.45) is 3.93. The van der Waals surface area contributed by atoms with Crippen molar-refractivity contribution in [2.75, 3.05) is 13.7 Å². The molecule has 4 rings (SSSR count). The molecule has 2 heterocycles. The van der Waals surface area contributed by atoms with Gasteiger partial charge in [0.1, 0.15) is 6.04 Å². The molecule has 3 nitrogen and oxygen atoms in total. The van der Waals surface area contributed by atoms with Crippen LogP contribution in [0.4, 0.5) is 0 Å². The van der Waals surface area contributed by atoms with Gasteiger partial charge in [-0.15, -0.1) is 0 Å². The van der Waals surface area contributed by atoms with Gasteiger partial charge in [0.2, 0.25) is 0 Å². The highest BCUT2D eigenvalue weighted by atomic mass is 16.5. The average molecular weight is 257 g/mol. The summed E-state index contributed by atoms with van der Waals surface area (Å²) in [7, 11) is 1.77. The van der Waals surface area contributed by atoms with Crippen LogP contribution in [0.2, 0.25) is 0 Å². The topological polar surface area (TPSA) is 30.8 Å². The van der Waals surface area contributed by atoms with Crippen LogP contribution < -0.4 is 5.32 Å². The van der Waals surface area contributed by atoms with E-state index < -0.39 is 0 Å². The maximum absolute atomic E-state index is 5.27. The van der Waals surface area contributed by atoms with Crippen molar-refractivity contribution in [1.82, 2.24) is 4.57 Å². The number of ether oxygens (including phenoxy) is 1. The van der Waals surface area contributed by atoms with Crippen LogP contribution in [-0.2, 0) is 24.3 Å². The Hall–Kier alpha value is -1.32. The van der Waals surface area contributed by atoms with Gasteiger partial charge in [-0.25, -0.2) is 0 Å². The van der Waals surface area contributed by atoms with Crippen LogP contribution >= 0.6 is 0 Å². The fraction of sp³-hybridized carbons (Fsp3) is 0.500. The first-order valence-corrected chi connectivity index (χ1v) is 7.34. The smallest absolute Gasteiger partial charge is 0.127 e. The van der Waals surface area contributed by atoms with E-state index in [-0.39, 0.29) is 0 Å². The summed E-state index contributed by atoms with van der Waals surface area (Å²) in [6.45, 7) is 3.10. The SMILES string of the molecule is COCc1ccc2c(c1)c1c3n2CC[NH2+][C@@H]3CCC1. The van der Waals surface area contributed by atoms with Gasteiger partial charge in [-0.2, -0.15) is 0 Å². The van der Waals surface area contributed by atoms with Gasteiger partial charge in [0.15, 0.2) is 0 Å². The van der Waals surface area contributed by atoms with Crippen LogP contribution in [0.1, 0.15) is 35.7 Å². The van der Waals surface area contributed by atoms with Gasteiger partial charge in [-0.1, -0.05) is 6.07 Å². The predicted molar refractivity (Wildman–Crippen MR) is 75.1 cm³/mol. The van der Waals surface area contributed by atoms with E-state index in [1.165, 1.54) is 42.3 Å². The molecule has 1 aliphatic carbocycles. The Morgan fingerprint density at radius 3 is 3.26 bits per heavy atom. The third-order valence-corrected chi connectivity index (χ3v) is 4.68. The molecule has 0 unspecified atom stereocenters. The van der Waals surface area contributed by atoms with Crippen molar-refractivity contribution in [3.63, 3.8) is 0 Å². The van der Waals surface area contributed by atoms with Crippen LogP contribution in [-0.4, -0.2) is 18.2 Å². The van der Waals surface area contributed by atoms with Crippen molar-refractivity contribution >= 4 is 10.9 Å². The molecular formula is C16H21N2O+. The second-order valence-electron chi connectivity index (χ2n) is 5.82. The maximum atomic E-state index is 5.27. The van der Waals surface area contributed by atoms with Crippen molar-refractivity contribution in [2.24, 2.45) is 0 Å². The van der Waals surface area contributed by atoms with Gasteiger partial charge in [0.25, 0.3) is 0 Å². The Morgan fingerprint density at radius 2 is 2.37 bits per heavy atom. The van der Waals surface area contributed by atoms with Crippen LogP contribution in [0.5, 0.6) is 0 Å². The van der Waals surface area contributed by atoms with Crippen LogP contribution in [0, 0.1) is 0 Å². The normalized spacial score (nSPS) is 21.6. The largest absolute Gasteiger partial charge is 0.380 e. The molecule has 0 amide bonds. The fourth-order valence-corrected chi connectivity index (χ4v) is 3.94. The first kappa shape index (κ1) is 11.5. The van der Waals surface area contributed by atoms with Crippen LogP contribution in [0.25, 0.3) is 10.9 Å². The van der Waals surface area contributed by atoms with E-state index in [2.05, 4.69) is 28.1 Å². The summed E-state index contributed by atoms with van der Waals surface area (Å²) >= 11 is 0. The highest BCUT2D eigenvalue weighted by Gasteiger charge is 2.32. The van der Waals surface area contributed by atoms with Crippen molar-refractivity contribution in [2.45, 2.75) is 38.5 Å². The van der Waals surface area contributed by atoms with Crippen LogP contribution in [0.3, 0.4) is 0 Å². The Kier molecular flexibility index (Phi) is 2.64. The zero-order valence-corrected chi connectivity index (χ0v) is 11.5. The lowest BCUT2D eigenvalue weighted by molar-refractivity contribution is -0.704. The predicted octanol–water partition coefficient (Wildman–Crippen LogP) is 1.74. The molecule has 0 bridgehead atoms. The molecule has 3 heteroatoms. The minimum absolute atomic E-state index is 0.704. The third-order valence-electron chi connectivity index (χ3n) is 4.68. The minimum atomic E-state index is 0.704. The lowest BCUT2D eigenvalue weighted by atomic mass is 9.90. The molecule has 2 aliphatic rings. The molecule has 0 saturated heterocycles. The third kappa shape index (κ3) is 1.65. The Morgan fingerprint density at radius 1 is 1.42 bits per heavy atom. The first-order chi connectivity index (χ1) is 9.38. The zero-order chi connectivity index (χ0) is 12.8. The number of nitrogens with two attached hydrogens (primary N) is 1. The molecule has 19 heavy (non-hydrogen) atoms. The Labute approximate surface area is 113 Å². The van der Waals surface area contributed by atoms with E-state index in [1.54, 1.807) is 18.4 Å². The van der Waals surface area contributed by atoms with E-state index in [9.17, 15) is 0 Å². The monoisotopic (exact) mass is 257 g/mol. The summed E-state index contributed by atoms with van der Waals surface area (Å²) in [5, 5.41) is 4.01. The minimum Gasteiger partial charge on any atom is -0.380 e. The summed E-state index contributed by atoms with van der Waals surface area (Å²) in [5.41, 5.74) is 5.95. The van der Waals surface area contributed by atoms with Crippen molar-refractivity contribution in [3.8, 4) is 0 Å². The second-order valence-corrected chi connectivity index (χ2v) is 5.82. The molecule has 0 spiro atoms. The molecule has 2 aromatic rings. The standard InChI is InChI=1S/C16H20N2O/c1-19-10-11-5-6-15-13(9-11)12-3-2-4-14-16(12)18(15)8-7-17-14/h5-6,9,14,17H,2-4,7-8,10H2,1H3/p+1/t14-/m1/s1. The zero-order valence-electron chi connectivity index (χ0n) is 11.5. The number of quaternary nitrogens is 1. The van der Waals surface area contributed by atoms with E-state index in [1.807, 2.05) is 0 Å². The maximum Gasteiger partial charge on any atom is 0.127 e. The van der Waals surface area contributed by atoms with Gasteiger partial charge in [0.05, 0.1) is 25.4 Å². The summed E-state index contributed by atoms with van der Waals surface area (Å²) in [5.74, 6) is 0. The van der Waals surface area contributed by atoms with E-state index in [0.29, 0.717) is 12.6 Å². The first-order valence-electron chi connectivity index (χ1n) is 7.34. The highest BCUT2D eigenvalue weighted by molar-refractivity contribution is 5.86. The lowest BCUT2D eigenvalue weighted by Gasteiger charge is -2.27. The summed E-state index contributed by atoms with van der Waals surface area (Å²) in [6, 6.07) is 7.57. The number of benzene rings is 1. The molecule has 0 saturated carbocycles. The number of aryl methyl sites for hydroxylation is 1. The highest BCUT2D eigenvalue weighted by Crippen LogP contribution is 2.37. The molecule has 2 N–H and O–H groups in total. The van der Waals surface area contributed by atoms with Gasteiger partial charge < -0.3 is 14.6 Å². The molecule has 0 radical (unpaired) electrons. The number of nitrogens with zero attached hydrogens (tertiary/aromatic N) is 1. The van der Waals surface area contributed by atoms with Gasteiger partial charge in [-0.3, -0.25) is 0 Å². The number of hydrogen-bond donors (Lipinski definition) is 1. The molecule has 1 aromatic heterocycles. The van der Waals surface area contributed by atoms with Crippen molar-refractivity contribution in [3.05, 3.63) is 35.0 Å². The number of hydrogen-bond acceptors (Lipinski definition) is 1. The van der Waals surface area contributed by atoms with Gasteiger partial charge >= 0.3 is 0 Å². The Balaban J connectivity index is 1.96. The average Bonchev–Trinajstić information content (AvgIpc) is 2.77. The molecular weight excluding hydrogens is 236 g/mol. The molecule has 1 atom stereocenters. The fourth-order valence-electron chi connectivity index (χ4n) is 3.94. The molecule has 1 aromatic carbocycles. The number of fused-ring (bicyclic) bond motifs is 3. The van der Waals surface area contributed by atoms with Crippen molar-refractivity contribution in [1.29, 1.82) is 0 Å². The molecule has 100 valence electrons. The second kappa shape index (κ2) is 4.36. The van der Waals surface area contributed by atoms with E-state index in [4.69, 9.17) is 4.74 Å². The Bertz CT molecular complexity index is 627. The van der Waals surface area contributed by atoms with Gasteiger partial charge in [0, 0.05) is 24.4 Å². The number of methoxy groups -OCH3 is 1. The van der Waals surface area contributed by atoms with Crippen LogP contribution in [0.15, 0.2) is 18.2 Å². The lowest BCUT2D eigenvalue weighted by Crippen LogP contribution is -2.88. The molecule has 0 fully saturated rings. The van der Waals surface area contributed by atoms with E-state index >= 15 is 0 Å². The van der Waals surface area contributed by atoms with E-state index in [0.717, 1.165) is 6.54 Å². The van der Waals surface area contributed by atoms with Crippen molar-refractivity contribution < 1.29 is 10.1 Å². The summed E-state index contributed by atoms with van der Waals surface area (Å²) < 4.78 is 7.85. The quantitative estimate of drug-likeness (QED) is 0.873. The molecule has 1 aliphatic heterocycles. The number of aromatic nitrogens is 1. The summed E-state index contributed by atoms with van der Waals surface area (Å²) in [4.78, 5) is 0. The van der Waals surface area contributed by atoms with Gasteiger partial charge in [-0.05, 0) is 36.1 Å².